The number of likely N-dealkylation sites (N-methyl/N-ethyl adjacent to an activating group) is 2. The van der Waals surface area contributed by atoms with Crippen LogP contribution in [0.5, 0.6) is 0 Å². The lowest BCUT2D eigenvalue weighted by atomic mass is 10.3. The van der Waals surface area contributed by atoms with Gasteiger partial charge in [-0.25, -0.2) is 0 Å². The van der Waals surface area contributed by atoms with Gasteiger partial charge < -0.3 is 15.5 Å². The molecule has 0 aromatic heterocycles. The van der Waals surface area contributed by atoms with Crippen LogP contribution in [0.15, 0.2) is 0 Å². The first-order chi connectivity index (χ1) is 6.93. The topological polar surface area (TPSA) is 49.6 Å². The second kappa shape index (κ2) is 7.65. The zero-order valence-corrected chi connectivity index (χ0v) is 10.5. The SMILES string of the molecule is CC(C)N(C)CCN(C)CCCC(N)=O. The van der Waals surface area contributed by atoms with E-state index in [1.54, 1.807) is 0 Å². The first-order valence-electron chi connectivity index (χ1n) is 5.60. The summed E-state index contributed by atoms with van der Waals surface area (Å²) in [7, 11) is 4.21. The molecule has 0 heterocycles. The lowest BCUT2D eigenvalue weighted by molar-refractivity contribution is -0.118. The number of primary amides is 1. The molecule has 0 aliphatic carbocycles. The van der Waals surface area contributed by atoms with Crippen LogP contribution in [0.2, 0.25) is 0 Å². The van der Waals surface area contributed by atoms with Gasteiger partial charge in [0.25, 0.3) is 0 Å². The van der Waals surface area contributed by atoms with E-state index in [2.05, 4.69) is 37.7 Å². The fourth-order valence-electron chi connectivity index (χ4n) is 1.22. The highest BCUT2D eigenvalue weighted by Crippen LogP contribution is 1.96. The third-order valence-electron chi connectivity index (χ3n) is 2.68. The molecule has 90 valence electrons. The zero-order valence-electron chi connectivity index (χ0n) is 10.5. The van der Waals surface area contributed by atoms with E-state index in [9.17, 15) is 4.79 Å². The Balaban J connectivity index is 3.48. The highest BCUT2D eigenvalue weighted by atomic mass is 16.1. The van der Waals surface area contributed by atoms with Gasteiger partial charge in [-0.1, -0.05) is 0 Å². The molecule has 0 fully saturated rings. The van der Waals surface area contributed by atoms with Crippen LogP contribution in [0.25, 0.3) is 0 Å². The van der Waals surface area contributed by atoms with E-state index in [-0.39, 0.29) is 5.91 Å². The molecule has 1 amide bonds. The zero-order chi connectivity index (χ0) is 11.8. The van der Waals surface area contributed by atoms with Crippen molar-refractivity contribution in [1.29, 1.82) is 0 Å². The predicted octanol–water partition coefficient (Wildman–Crippen LogP) is 0.524. The summed E-state index contributed by atoms with van der Waals surface area (Å²) in [4.78, 5) is 15.1. The number of nitrogens with two attached hydrogens (primary N) is 1. The van der Waals surface area contributed by atoms with E-state index in [1.807, 2.05) is 0 Å². The van der Waals surface area contributed by atoms with Crippen molar-refractivity contribution >= 4 is 5.91 Å². The van der Waals surface area contributed by atoms with Crippen molar-refractivity contribution < 1.29 is 4.79 Å². The molecule has 0 aliphatic heterocycles. The van der Waals surface area contributed by atoms with Crippen molar-refractivity contribution in [2.24, 2.45) is 5.73 Å². The minimum Gasteiger partial charge on any atom is -0.370 e. The third-order valence-corrected chi connectivity index (χ3v) is 2.68. The highest BCUT2D eigenvalue weighted by Gasteiger charge is 2.05. The standard InChI is InChI=1S/C11H25N3O/c1-10(2)14(4)9-8-13(3)7-5-6-11(12)15/h10H,5-9H2,1-4H3,(H2,12,15). The summed E-state index contributed by atoms with van der Waals surface area (Å²) >= 11 is 0. The number of nitrogens with zero attached hydrogens (tertiary/aromatic N) is 2. The van der Waals surface area contributed by atoms with Gasteiger partial charge in [-0.15, -0.1) is 0 Å². The van der Waals surface area contributed by atoms with Crippen LogP contribution in [-0.2, 0) is 4.79 Å². The van der Waals surface area contributed by atoms with Crippen LogP contribution in [0, 0.1) is 0 Å². The number of hydrogen-bond donors (Lipinski definition) is 1. The Labute approximate surface area is 93.4 Å². The van der Waals surface area contributed by atoms with E-state index in [0.29, 0.717) is 12.5 Å². The van der Waals surface area contributed by atoms with E-state index >= 15 is 0 Å². The largest absolute Gasteiger partial charge is 0.370 e. The van der Waals surface area contributed by atoms with Gasteiger partial charge >= 0.3 is 0 Å². The Hall–Kier alpha value is -0.610. The van der Waals surface area contributed by atoms with Gasteiger partial charge in [-0.05, 0) is 40.9 Å². The summed E-state index contributed by atoms with van der Waals surface area (Å²) in [5, 5.41) is 0. The Morgan fingerprint density at radius 1 is 1.20 bits per heavy atom. The molecule has 0 spiro atoms. The maximum Gasteiger partial charge on any atom is 0.217 e. The number of carbonyl (C=O) groups is 1. The van der Waals surface area contributed by atoms with E-state index in [4.69, 9.17) is 5.73 Å². The molecule has 15 heavy (non-hydrogen) atoms. The molecule has 4 heteroatoms. The molecular weight excluding hydrogens is 190 g/mol. The average molecular weight is 215 g/mol. The van der Waals surface area contributed by atoms with Gasteiger partial charge in [0.15, 0.2) is 0 Å². The monoisotopic (exact) mass is 215 g/mol. The number of hydrogen-bond acceptors (Lipinski definition) is 3. The van der Waals surface area contributed by atoms with Gasteiger partial charge in [0.2, 0.25) is 5.91 Å². The van der Waals surface area contributed by atoms with Crippen LogP contribution in [0.3, 0.4) is 0 Å². The van der Waals surface area contributed by atoms with Crippen molar-refractivity contribution in [3.63, 3.8) is 0 Å². The Kier molecular flexibility index (Phi) is 7.34. The second-order valence-corrected chi connectivity index (χ2v) is 4.45. The van der Waals surface area contributed by atoms with Crippen molar-refractivity contribution in [2.45, 2.75) is 32.7 Å². The highest BCUT2D eigenvalue weighted by molar-refractivity contribution is 5.73. The van der Waals surface area contributed by atoms with Crippen LogP contribution >= 0.6 is 0 Å². The second-order valence-electron chi connectivity index (χ2n) is 4.45. The molecule has 0 rings (SSSR count). The number of carbonyl (C=O) groups excluding carboxylic acids is 1. The molecule has 0 bridgehead atoms. The maximum atomic E-state index is 10.5. The first kappa shape index (κ1) is 14.4. The summed E-state index contributed by atoms with van der Waals surface area (Å²) in [5.74, 6) is -0.206. The van der Waals surface area contributed by atoms with Gasteiger partial charge in [-0.2, -0.15) is 0 Å². The average Bonchev–Trinajstić information content (AvgIpc) is 2.13. The van der Waals surface area contributed by atoms with Gasteiger partial charge in [-0.3, -0.25) is 4.79 Å². The molecule has 0 saturated carbocycles. The molecule has 0 aromatic carbocycles. The Morgan fingerprint density at radius 3 is 2.27 bits per heavy atom. The summed E-state index contributed by atoms with van der Waals surface area (Å²) in [5.41, 5.74) is 5.07. The van der Waals surface area contributed by atoms with Gasteiger partial charge in [0.05, 0.1) is 0 Å². The fourth-order valence-corrected chi connectivity index (χ4v) is 1.22. The molecule has 4 nitrogen and oxygen atoms in total. The summed E-state index contributed by atoms with van der Waals surface area (Å²) < 4.78 is 0. The lowest BCUT2D eigenvalue weighted by Crippen LogP contribution is -2.35. The van der Waals surface area contributed by atoms with Crippen LogP contribution in [0.4, 0.5) is 0 Å². The van der Waals surface area contributed by atoms with Gasteiger partial charge in [0, 0.05) is 25.6 Å². The molecule has 0 aliphatic rings. The smallest absolute Gasteiger partial charge is 0.217 e. The van der Waals surface area contributed by atoms with Crippen molar-refractivity contribution in [2.75, 3.05) is 33.7 Å². The molecule has 0 atom stereocenters. The summed E-state index contributed by atoms with van der Waals surface area (Å²) in [6, 6.07) is 0.587. The van der Waals surface area contributed by atoms with Crippen molar-refractivity contribution in [1.82, 2.24) is 9.80 Å². The minimum atomic E-state index is -0.206. The molecule has 0 saturated heterocycles. The van der Waals surface area contributed by atoms with Crippen LogP contribution in [0.1, 0.15) is 26.7 Å². The predicted molar refractivity (Wildman–Crippen MR) is 63.7 cm³/mol. The maximum absolute atomic E-state index is 10.5. The minimum absolute atomic E-state index is 0.206. The van der Waals surface area contributed by atoms with E-state index < -0.39 is 0 Å². The summed E-state index contributed by atoms with van der Waals surface area (Å²) in [6.45, 7) is 7.41. The number of amides is 1. The summed E-state index contributed by atoms with van der Waals surface area (Å²) in [6.07, 6.45) is 1.35. The fraction of sp³-hybridized carbons (Fsp3) is 0.909. The molecule has 0 radical (unpaired) electrons. The molecule has 0 unspecified atom stereocenters. The van der Waals surface area contributed by atoms with Crippen LogP contribution in [-0.4, -0.2) is 55.5 Å². The quantitative estimate of drug-likeness (QED) is 0.642. The Bertz CT molecular complexity index is 183. The number of rotatable bonds is 8. The van der Waals surface area contributed by atoms with Gasteiger partial charge in [0.1, 0.15) is 0 Å². The molecular formula is C11H25N3O. The van der Waals surface area contributed by atoms with Crippen molar-refractivity contribution in [3.8, 4) is 0 Å². The normalized spacial score (nSPS) is 11.7. The molecule has 0 aromatic rings. The van der Waals surface area contributed by atoms with E-state index in [0.717, 1.165) is 26.1 Å². The lowest BCUT2D eigenvalue weighted by Gasteiger charge is -2.24. The third kappa shape index (κ3) is 8.39. The van der Waals surface area contributed by atoms with E-state index in [1.165, 1.54) is 0 Å². The molecule has 2 N–H and O–H groups in total. The van der Waals surface area contributed by atoms with Crippen molar-refractivity contribution in [3.05, 3.63) is 0 Å². The first-order valence-corrected chi connectivity index (χ1v) is 5.60. The Morgan fingerprint density at radius 2 is 1.80 bits per heavy atom. The van der Waals surface area contributed by atoms with Crippen LogP contribution < -0.4 is 5.73 Å².